The van der Waals surface area contributed by atoms with E-state index in [2.05, 4.69) is 12.6 Å². The molecule has 48 valence electrons. The van der Waals surface area contributed by atoms with Crippen molar-refractivity contribution in [2.24, 2.45) is 0 Å². The van der Waals surface area contributed by atoms with Crippen molar-refractivity contribution in [3.05, 3.63) is 0 Å². The average molecular weight is 170 g/mol. The van der Waals surface area contributed by atoms with Crippen LogP contribution in [-0.2, 0) is 4.79 Å². The van der Waals surface area contributed by atoms with Crippen LogP contribution >= 0.6 is 34.2 Å². The van der Waals surface area contributed by atoms with Crippen LogP contribution in [0.25, 0.3) is 0 Å². The number of hydrogen-bond acceptors (Lipinski definition) is 4. The van der Waals surface area contributed by atoms with Crippen LogP contribution in [0.4, 0.5) is 0 Å². The van der Waals surface area contributed by atoms with Gasteiger partial charge in [0.15, 0.2) is 4.58 Å². The van der Waals surface area contributed by atoms with Gasteiger partial charge in [-0.2, -0.15) is 12.6 Å². The van der Waals surface area contributed by atoms with Crippen LogP contribution < -0.4 is 0 Å². The number of hydrogen-bond donors (Lipinski definition) is 2. The number of thiol groups is 1. The van der Waals surface area contributed by atoms with Gasteiger partial charge in [-0.25, -0.2) is 0 Å². The molecule has 0 bridgehead atoms. The number of carboxylic acids is 1. The van der Waals surface area contributed by atoms with Crippen LogP contribution in [0.15, 0.2) is 0 Å². The van der Waals surface area contributed by atoms with Crippen LogP contribution in [0, 0.1) is 0 Å². The summed E-state index contributed by atoms with van der Waals surface area (Å²) in [5.41, 5.74) is 0. The first-order chi connectivity index (χ1) is 3.68. The third-order valence-corrected chi connectivity index (χ3v) is 3.09. The summed E-state index contributed by atoms with van der Waals surface area (Å²) in [5.74, 6) is -0.882. The first-order valence-corrected chi connectivity index (χ1v) is 4.92. The summed E-state index contributed by atoms with van der Waals surface area (Å²) < 4.78 is -0.593. The topological polar surface area (TPSA) is 37.3 Å². The third-order valence-electron chi connectivity index (χ3n) is 0.399. The van der Waals surface area contributed by atoms with Crippen molar-refractivity contribution in [2.45, 2.75) is 4.58 Å². The summed E-state index contributed by atoms with van der Waals surface area (Å²) in [7, 11) is 2.62. The smallest absolute Gasteiger partial charge is 0.327 e. The van der Waals surface area contributed by atoms with Crippen molar-refractivity contribution in [3.8, 4) is 0 Å². The lowest BCUT2D eigenvalue weighted by Crippen LogP contribution is -2.06. The molecular formula is C3H6O2S3. The SMILES string of the molecule is CSSC(S)C(=O)O. The molecule has 1 unspecified atom stereocenters. The normalized spacial score (nSPS) is 13.2. The Balaban J connectivity index is 3.32. The van der Waals surface area contributed by atoms with Crippen LogP contribution in [0.1, 0.15) is 0 Å². The van der Waals surface area contributed by atoms with Crippen molar-refractivity contribution in [1.82, 2.24) is 0 Å². The zero-order valence-electron chi connectivity index (χ0n) is 4.20. The minimum absolute atomic E-state index is 0.593. The van der Waals surface area contributed by atoms with Gasteiger partial charge in [-0.15, -0.1) is 0 Å². The van der Waals surface area contributed by atoms with Gasteiger partial charge in [-0.1, -0.05) is 21.6 Å². The third kappa shape index (κ3) is 3.51. The highest BCUT2D eigenvalue weighted by Crippen LogP contribution is 2.25. The quantitative estimate of drug-likeness (QED) is 0.381. The van der Waals surface area contributed by atoms with Gasteiger partial charge in [0.2, 0.25) is 0 Å². The molecule has 0 aliphatic heterocycles. The summed E-state index contributed by atoms with van der Waals surface area (Å²) in [6.45, 7) is 0. The fraction of sp³-hybridized carbons (Fsp3) is 0.667. The van der Waals surface area contributed by atoms with E-state index < -0.39 is 10.6 Å². The number of rotatable bonds is 3. The first kappa shape index (κ1) is 8.52. The molecule has 0 aliphatic carbocycles. The maximum absolute atomic E-state index is 9.98. The average Bonchev–Trinajstić information content (AvgIpc) is 1.67. The highest BCUT2D eigenvalue weighted by Gasteiger charge is 2.10. The second kappa shape index (κ2) is 4.40. The molecule has 0 fully saturated rings. The molecule has 5 heteroatoms. The van der Waals surface area contributed by atoms with Gasteiger partial charge in [-0.05, 0) is 6.26 Å². The lowest BCUT2D eigenvalue weighted by Gasteiger charge is -1.98. The zero-order valence-corrected chi connectivity index (χ0v) is 6.72. The number of carbonyl (C=O) groups is 1. The lowest BCUT2D eigenvalue weighted by molar-refractivity contribution is -0.134. The molecule has 0 heterocycles. The number of aliphatic carboxylic acids is 1. The predicted octanol–water partition coefficient (Wildman–Crippen LogP) is 1.34. The van der Waals surface area contributed by atoms with Crippen molar-refractivity contribution in [2.75, 3.05) is 6.26 Å². The van der Waals surface area contributed by atoms with E-state index in [-0.39, 0.29) is 0 Å². The van der Waals surface area contributed by atoms with E-state index in [1.165, 1.54) is 21.6 Å². The monoisotopic (exact) mass is 170 g/mol. The van der Waals surface area contributed by atoms with E-state index in [9.17, 15) is 4.79 Å². The Bertz CT molecular complexity index is 84.6. The molecule has 0 rings (SSSR count). The Morgan fingerprint density at radius 2 is 2.38 bits per heavy atom. The fourth-order valence-corrected chi connectivity index (χ4v) is 1.97. The van der Waals surface area contributed by atoms with E-state index in [4.69, 9.17) is 5.11 Å². The molecule has 0 spiro atoms. The Kier molecular flexibility index (Phi) is 4.69. The summed E-state index contributed by atoms with van der Waals surface area (Å²) in [5, 5.41) is 8.20. The standard InChI is InChI=1S/C3H6O2S3/c1-7-8-3(6)2(4)5/h3,6H,1H3,(H,4,5). The molecule has 8 heavy (non-hydrogen) atoms. The molecule has 0 aliphatic rings. The molecule has 1 atom stereocenters. The van der Waals surface area contributed by atoms with Gasteiger partial charge >= 0.3 is 5.97 Å². The van der Waals surface area contributed by atoms with Crippen molar-refractivity contribution < 1.29 is 9.90 Å². The first-order valence-electron chi connectivity index (χ1n) is 1.79. The molecular weight excluding hydrogens is 164 g/mol. The highest BCUT2D eigenvalue weighted by atomic mass is 33.1. The second-order valence-electron chi connectivity index (χ2n) is 0.953. The molecule has 0 saturated carbocycles. The van der Waals surface area contributed by atoms with E-state index >= 15 is 0 Å². The maximum Gasteiger partial charge on any atom is 0.327 e. The molecule has 0 aromatic rings. The lowest BCUT2D eigenvalue weighted by atomic mass is 10.8. The molecule has 0 radical (unpaired) electrons. The van der Waals surface area contributed by atoms with Crippen molar-refractivity contribution in [3.63, 3.8) is 0 Å². The van der Waals surface area contributed by atoms with E-state index in [0.717, 1.165) is 0 Å². The Labute approximate surface area is 61.2 Å². The summed E-state index contributed by atoms with van der Waals surface area (Å²) in [6.07, 6.45) is 1.82. The van der Waals surface area contributed by atoms with E-state index in [0.29, 0.717) is 0 Å². The highest BCUT2D eigenvalue weighted by molar-refractivity contribution is 8.78. The van der Waals surface area contributed by atoms with Gasteiger partial charge in [0.1, 0.15) is 0 Å². The molecule has 1 N–H and O–H groups in total. The predicted molar refractivity (Wildman–Crippen MR) is 41.5 cm³/mol. The molecule has 0 aromatic heterocycles. The summed E-state index contributed by atoms with van der Waals surface area (Å²) in [6, 6.07) is 0. The Morgan fingerprint density at radius 1 is 1.88 bits per heavy atom. The zero-order chi connectivity index (χ0) is 6.57. The summed E-state index contributed by atoms with van der Waals surface area (Å²) >= 11 is 3.75. The van der Waals surface area contributed by atoms with Gasteiger partial charge < -0.3 is 5.11 Å². The molecule has 0 saturated heterocycles. The number of carboxylic acid groups (broad SMARTS) is 1. The van der Waals surface area contributed by atoms with E-state index in [1.54, 1.807) is 0 Å². The van der Waals surface area contributed by atoms with E-state index in [1.807, 2.05) is 6.26 Å². The minimum Gasteiger partial charge on any atom is -0.480 e. The second-order valence-corrected chi connectivity index (χ2v) is 4.39. The minimum atomic E-state index is -0.882. The molecule has 0 amide bonds. The van der Waals surface area contributed by atoms with Gasteiger partial charge in [0.25, 0.3) is 0 Å². The van der Waals surface area contributed by atoms with Crippen LogP contribution in [0.3, 0.4) is 0 Å². The van der Waals surface area contributed by atoms with Gasteiger partial charge in [0.05, 0.1) is 0 Å². The fourth-order valence-electron chi connectivity index (χ4n) is 0.132. The van der Waals surface area contributed by atoms with Crippen molar-refractivity contribution in [1.29, 1.82) is 0 Å². The Hall–Kier alpha value is 0.520. The molecule has 0 aromatic carbocycles. The Morgan fingerprint density at radius 3 is 2.50 bits per heavy atom. The maximum atomic E-state index is 9.98. The van der Waals surface area contributed by atoms with Crippen LogP contribution in [0.2, 0.25) is 0 Å². The largest absolute Gasteiger partial charge is 0.480 e. The molecule has 2 nitrogen and oxygen atoms in total. The van der Waals surface area contributed by atoms with Crippen LogP contribution in [-0.4, -0.2) is 21.9 Å². The van der Waals surface area contributed by atoms with Crippen LogP contribution in [0.5, 0.6) is 0 Å². The summed E-state index contributed by atoms with van der Waals surface area (Å²) in [4.78, 5) is 9.98. The van der Waals surface area contributed by atoms with Gasteiger partial charge in [-0.3, -0.25) is 4.79 Å². The van der Waals surface area contributed by atoms with Crippen molar-refractivity contribution >= 4 is 40.2 Å². The van der Waals surface area contributed by atoms with Gasteiger partial charge in [0, 0.05) is 0 Å².